The lowest BCUT2D eigenvalue weighted by Crippen LogP contribution is -2.48. The van der Waals surface area contributed by atoms with Gasteiger partial charge < -0.3 is 5.32 Å². The Morgan fingerprint density at radius 1 is 1.37 bits per heavy atom. The highest BCUT2D eigenvalue weighted by Crippen LogP contribution is 2.23. The summed E-state index contributed by atoms with van der Waals surface area (Å²) in [4.78, 5) is 12.1. The molecule has 2 N–H and O–H groups in total. The highest BCUT2D eigenvalue weighted by Gasteiger charge is 2.38. The molecule has 1 fully saturated rings. The van der Waals surface area contributed by atoms with Crippen LogP contribution in [0.15, 0.2) is 24.3 Å². The van der Waals surface area contributed by atoms with Gasteiger partial charge in [-0.2, -0.15) is 0 Å². The fourth-order valence-corrected chi connectivity index (χ4v) is 2.26. The van der Waals surface area contributed by atoms with Crippen LogP contribution >= 0.6 is 0 Å². The first-order valence-corrected chi connectivity index (χ1v) is 6.86. The van der Waals surface area contributed by atoms with Crippen molar-refractivity contribution in [1.29, 1.82) is 0 Å². The molecule has 1 aliphatic heterocycles. The minimum absolute atomic E-state index is 0.0862. The Hall–Kier alpha value is -1.55. The maximum absolute atomic E-state index is 12.1. The Morgan fingerprint density at radius 3 is 2.74 bits per heavy atom. The van der Waals surface area contributed by atoms with Crippen LogP contribution in [0, 0.1) is 12.8 Å². The molecule has 2 amide bonds. The van der Waals surface area contributed by atoms with Crippen LogP contribution in [0.25, 0.3) is 0 Å². The molecule has 104 valence electrons. The minimum atomic E-state index is -0.356. The van der Waals surface area contributed by atoms with E-state index in [2.05, 4.69) is 24.6 Å². The second-order valence-corrected chi connectivity index (χ2v) is 5.98. The molecule has 1 heterocycles. The summed E-state index contributed by atoms with van der Waals surface area (Å²) in [6.07, 6.45) is 1.99. The highest BCUT2D eigenvalue weighted by molar-refractivity contribution is 5.93. The van der Waals surface area contributed by atoms with E-state index in [1.165, 1.54) is 0 Å². The molecule has 19 heavy (non-hydrogen) atoms. The Labute approximate surface area is 115 Å². The summed E-state index contributed by atoms with van der Waals surface area (Å²) in [5.41, 5.74) is 4.95. The Morgan fingerprint density at radius 2 is 2.11 bits per heavy atom. The van der Waals surface area contributed by atoms with Gasteiger partial charge >= 0.3 is 6.03 Å². The fraction of sp³-hybridized carbons (Fsp3) is 0.533. The summed E-state index contributed by atoms with van der Waals surface area (Å²) in [6.45, 7) is 8.44. The molecule has 4 heteroatoms. The van der Waals surface area contributed by atoms with E-state index in [1.807, 2.05) is 38.1 Å². The fourth-order valence-electron chi connectivity index (χ4n) is 2.26. The number of urea groups is 1. The van der Waals surface area contributed by atoms with E-state index in [9.17, 15) is 4.79 Å². The Bertz CT molecular complexity index is 472. The van der Waals surface area contributed by atoms with Crippen LogP contribution in [0.1, 0.15) is 39.2 Å². The maximum atomic E-state index is 12.1. The predicted molar refractivity (Wildman–Crippen MR) is 77.8 cm³/mol. The van der Waals surface area contributed by atoms with Crippen LogP contribution in [-0.4, -0.2) is 11.7 Å². The van der Waals surface area contributed by atoms with Gasteiger partial charge in [0.1, 0.15) is 5.66 Å². The predicted octanol–water partition coefficient (Wildman–Crippen LogP) is 3.18. The van der Waals surface area contributed by atoms with Crippen molar-refractivity contribution in [2.45, 2.75) is 46.2 Å². The van der Waals surface area contributed by atoms with Crippen molar-refractivity contribution in [2.75, 3.05) is 5.01 Å². The number of anilines is 1. The third kappa shape index (κ3) is 3.26. The zero-order valence-electron chi connectivity index (χ0n) is 12.2. The van der Waals surface area contributed by atoms with Crippen molar-refractivity contribution in [3.8, 4) is 0 Å². The second kappa shape index (κ2) is 5.21. The summed E-state index contributed by atoms with van der Waals surface area (Å²) in [5.74, 6) is 0.628. The topological polar surface area (TPSA) is 44.4 Å². The number of hydrogen-bond donors (Lipinski definition) is 2. The molecule has 0 aromatic heterocycles. The molecule has 0 spiro atoms. The van der Waals surface area contributed by atoms with Crippen molar-refractivity contribution in [2.24, 2.45) is 5.92 Å². The minimum Gasteiger partial charge on any atom is -0.317 e. The van der Waals surface area contributed by atoms with E-state index in [4.69, 9.17) is 0 Å². The van der Waals surface area contributed by atoms with Crippen molar-refractivity contribution in [3.05, 3.63) is 29.8 Å². The van der Waals surface area contributed by atoms with Gasteiger partial charge in [-0.15, -0.1) is 0 Å². The van der Waals surface area contributed by atoms with E-state index in [0.29, 0.717) is 5.92 Å². The van der Waals surface area contributed by atoms with E-state index in [0.717, 1.165) is 24.1 Å². The zero-order valence-corrected chi connectivity index (χ0v) is 12.2. The van der Waals surface area contributed by atoms with Crippen LogP contribution in [0.3, 0.4) is 0 Å². The number of hydrazine groups is 1. The Kier molecular flexibility index (Phi) is 3.80. The first kappa shape index (κ1) is 13.9. The summed E-state index contributed by atoms with van der Waals surface area (Å²) < 4.78 is 0. The standard InChI is InChI=1S/C15H23N3O/c1-11(2)8-9-15(4)16-14(19)18(17-15)13-7-5-6-12(3)10-13/h5-7,10-11,17H,8-9H2,1-4H3,(H,16,19)/t15-/m1/s1. The molecule has 1 aliphatic rings. The van der Waals surface area contributed by atoms with Crippen molar-refractivity contribution in [3.63, 3.8) is 0 Å². The molecular formula is C15H23N3O. The van der Waals surface area contributed by atoms with Gasteiger partial charge in [0.15, 0.2) is 0 Å². The van der Waals surface area contributed by atoms with Gasteiger partial charge in [0, 0.05) is 0 Å². The molecule has 1 saturated heterocycles. The first-order chi connectivity index (χ1) is 8.89. The molecule has 1 aromatic rings. The summed E-state index contributed by atoms with van der Waals surface area (Å²) >= 11 is 0. The Balaban J connectivity index is 2.11. The molecule has 1 aromatic carbocycles. The molecular weight excluding hydrogens is 238 g/mol. The summed E-state index contributed by atoms with van der Waals surface area (Å²) in [7, 11) is 0. The van der Waals surface area contributed by atoms with E-state index >= 15 is 0 Å². The lowest BCUT2D eigenvalue weighted by atomic mass is 10.0. The average molecular weight is 261 g/mol. The molecule has 0 radical (unpaired) electrons. The quantitative estimate of drug-likeness (QED) is 0.874. The van der Waals surface area contributed by atoms with Crippen LogP contribution in [-0.2, 0) is 0 Å². The number of rotatable bonds is 4. The monoisotopic (exact) mass is 261 g/mol. The first-order valence-electron chi connectivity index (χ1n) is 6.86. The van der Waals surface area contributed by atoms with E-state index in [1.54, 1.807) is 5.01 Å². The number of aryl methyl sites for hydroxylation is 1. The van der Waals surface area contributed by atoms with Gasteiger partial charge in [-0.05, 0) is 50.3 Å². The molecule has 0 unspecified atom stereocenters. The summed E-state index contributed by atoms with van der Waals surface area (Å²) in [6, 6.07) is 7.84. The molecule has 1 atom stereocenters. The van der Waals surface area contributed by atoms with Crippen LogP contribution < -0.4 is 15.8 Å². The van der Waals surface area contributed by atoms with Crippen molar-refractivity contribution < 1.29 is 4.79 Å². The molecule has 0 saturated carbocycles. The zero-order chi connectivity index (χ0) is 14.0. The number of nitrogens with zero attached hydrogens (tertiary/aromatic N) is 1. The van der Waals surface area contributed by atoms with Gasteiger partial charge in [0.25, 0.3) is 0 Å². The summed E-state index contributed by atoms with van der Waals surface area (Å²) in [5, 5.41) is 4.63. The van der Waals surface area contributed by atoms with E-state index < -0.39 is 0 Å². The number of carbonyl (C=O) groups excluding carboxylic acids is 1. The van der Waals surface area contributed by atoms with Gasteiger partial charge in [-0.25, -0.2) is 15.2 Å². The van der Waals surface area contributed by atoms with Gasteiger partial charge in [0.2, 0.25) is 0 Å². The number of benzene rings is 1. The third-order valence-electron chi connectivity index (χ3n) is 3.43. The van der Waals surface area contributed by atoms with Crippen molar-refractivity contribution >= 4 is 11.7 Å². The second-order valence-electron chi connectivity index (χ2n) is 5.98. The lowest BCUT2D eigenvalue weighted by Gasteiger charge is -2.25. The maximum Gasteiger partial charge on any atom is 0.338 e. The van der Waals surface area contributed by atoms with Crippen LogP contribution in [0.2, 0.25) is 0 Å². The lowest BCUT2D eigenvalue weighted by molar-refractivity contribution is 0.245. The van der Waals surface area contributed by atoms with Gasteiger partial charge in [-0.1, -0.05) is 26.0 Å². The molecule has 4 nitrogen and oxygen atoms in total. The number of nitrogens with one attached hydrogen (secondary N) is 2. The van der Waals surface area contributed by atoms with Crippen molar-refractivity contribution in [1.82, 2.24) is 10.7 Å². The SMILES string of the molecule is Cc1cccc(N2N[C@](C)(CCC(C)C)NC2=O)c1. The molecule has 2 rings (SSSR count). The van der Waals surface area contributed by atoms with E-state index in [-0.39, 0.29) is 11.7 Å². The smallest absolute Gasteiger partial charge is 0.317 e. The van der Waals surface area contributed by atoms with Gasteiger partial charge in [0.05, 0.1) is 5.69 Å². The highest BCUT2D eigenvalue weighted by atomic mass is 16.2. The number of carbonyl (C=O) groups is 1. The molecule has 0 bridgehead atoms. The average Bonchev–Trinajstić information content (AvgIpc) is 2.63. The number of hydrogen-bond acceptors (Lipinski definition) is 2. The largest absolute Gasteiger partial charge is 0.338 e. The number of amides is 2. The third-order valence-corrected chi connectivity index (χ3v) is 3.43. The van der Waals surface area contributed by atoms with Crippen LogP contribution in [0.4, 0.5) is 10.5 Å². The molecule has 0 aliphatic carbocycles. The van der Waals surface area contributed by atoms with Crippen LogP contribution in [0.5, 0.6) is 0 Å². The normalized spacial score (nSPS) is 23.0. The van der Waals surface area contributed by atoms with Gasteiger partial charge in [-0.3, -0.25) is 0 Å².